The van der Waals surface area contributed by atoms with Crippen LogP contribution < -0.4 is 9.58 Å². The molecule has 2 heterocycles. The van der Waals surface area contributed by atoms with E-state index in [1.54, 1.807) is 6.07 Å². The lowest BCUT2D eigenvalue weighted by molar-refractivity contribution is -0.572. The summed E-state index contributed by atoms with van der Waals surface area (Å²) >= 11 is 0. The zero-order valence-electron chi connectivity index (χ0n) is 27.7. The number of aromatic carboxylic acids is 1. The second kappa shape index (κ2) is 13.6. The van der Waals surface area contributed by atoms with Gasteiger partial charge in [0.05, 0.1) is 23.5 Å². The Morgan fingerprint density at radius 3 is 1.65 bits per heavy atom. The average Bonchev–Trinajstić information content (AvgIpc) is 3.64. The number of carboxylic acid groups (broad SMARTS) is 1. The van der Waals surface area contributed by atoms with Gasteiger partial charge in [0.25, 0.3) is 0 Å². The van der Waals surface area contributed by atoms with Gasteiger partial charge >= 0.3 is 5.97 Å². The zero-order chi connectivity index (χ0) is 34.7. The van der Waals surface area contributed by atoms with E-state index in [1.165, 1.54) is 17.7 Å². The van der Waals surface area contributed by atoms with Gasteiger partial charge in [-0.05, 0) is 64.7 Å². The van der Waals surface area contributed by atoms with Crippen LogP contribution in [0.5, 0.6) is 5.75 Å². The highest BCUT2D eigenvalue weighted by Gasteiger charge is 2.30. The van der Waals surface area contributed by atoms with Crippen molar-refractivity contribution in [2.24, 2.45) is 5.10 Å². The van der Waals surface area contributed by atoms with Crippen LogP contribution in [0.2, 0.25) is 0 Å². The largest absolute Gasteiger partial charge is 0.507 e. The molecule has 0 saturated heterocycles. The summed E-state index contributed by atoms with van der Waals surface area (Å²) in [5.41, 5.74) is 10.7. The van der Waals surface area contributed by atoms with E-state index < -0.39 is 5.97 Å². The Balaban J connectivity index is 1.26. The summed E-state index contributed by atoms with van der Waals surface area (Å²) in [7, 11) is 0. The van der Waals surface area contributed by atoms with Crippen molar-refractivity contribution in [2.45, 2.75) is 12.5 Å². The summed E-state index contributed by atoms with van der Waals surface area (Å²) in [4.78, 5) is 11.8. The zero-order valence-corrected chi connectivity index (χ0v) is 27.7. The molecular weight excluding hydrogens is 631 g/mol. The van der Waals surface area contributed by atoms with E-state index in [2.05, 4.69) is 119 Å². The maximum atomic E-state index is 11.8. The van der Waals surface area contributed by atoms with Gasteiger partial charge in [-0.2, -0.15) is 9.67 Å². The fourth-order valence-corrected chi connectivity index (χ4v) is 6.82. The van der Waals surface area contributed by atoms with Gasteiger partial charge < -0.3 is 10.2 Å². The molecule has 7 aromatic rings. The van der Waals surface area contributed by atoms with E-state index in [-0.39, 0.29) is 17.4 Å². The van der Waals surface area contributed by atoms with Crippen molar-refractivity contribution in [3.05, 3.63) is 193 Å². The second-order valence-electron chi connectivity index (χ2n) is 12.5. The number of carboxylic acids is 1. The number of rotatable bonds is 8. The van der Waals surface area contributed by atoms with Crippen molar-refractivity contribution < 1.29 is 19.6 Å². The molecule has 0 amide bonds. The van der Waals surface area contributed by atoms with E-state index in [1.807, 2.05) is 48.5 Å². The molecule has 0 radical (unpaired) electrons. The van der Waals surface area contributed by atoms with Crippen LogP contribution >= 0.6 is 0 Å². The summed E-state index contributed by atoms with van der Waals surface area (Å²) in [5, 5.41) is 27.7. The molecule has 1 aliphatic rings. The van der Waals surface area contributed by atoms with Gasteiger partial charge in [-0.3, -0.25) is 5.01 Å². The second-order valence-corrected chi connectivity index (χ2v) is 12.5. The fourth-order valence-electron chi connectivity index (χ4n) is 6.82. The minimum atomic E-state index is -1.18. The quantitative estimate of drug-likeness (QED) is 0.159. The summed E-state index contributed by atoms with van der Waals surface area (Å²) < 4.78 is 2.07. The molecule has 6 aromatic carbocycles. The maximum absolute atomic E-state index is 11.8. The molecule has 0 unspecified atom stereocenters. The first-order chi connectivity index (χ1) is 25.0. The summed E-state index contributed by atoms with van der Waals surface area (Å²) in [6, 6.07) is 58.7. The minimum absolute atomic E-state index is 0.0706. The summed E-state index contributed by atoms with van der Waals surface area (Å²) in [6.45, 7) is 0. The average molecular weight is 665 g/mol. The number of carbonyl (C=O) groups is 1. The van der Waals surface area contributed by atoms with Crippen LogP contribution in [0.3, 0.4) is 0 Å². The number of hydrazone groups is 1. The third-order valence-corrected chi connectivity index (χ3v) is 9.34. The predicted octanol–water partition coefficient (Wildman–Crippen LogP) is 9.72. The molecule has 2 N–H and O–H groups in total. The van der Waals surface area contributed by atoms with Gasteiger partial charge in [-0.1, -0.05) is 109 Å². The number of phenols is 1. The Hall–Kier alpha value is -6.79. The van der Waals surface area contributed by atoms with E-state index in [4.69, 9.17) is 5.10 Å². The van der Waals surface area contributed by atoms with Crippen LogP contribution in [0.25, 0.3) is 39.3 Å². The third-order valence-electron chi connectivity index (χ3n) is 9.34. The first kappa shape index (κ1) is 31.5. The van der Waals surface area contributed by atoms with Gasteiger partial charge in [-0.25, -0.2) is 4.79 Å². The van der Waals surface area contributed by atoms with Crippen LogP contribution in [0.4, 0.5) is 5.69 Å². The highest BCUT2D eigenvalue weighted by Crippen LogP contribution is 2.38. The van der Waals surface area contributed by atoms with Crippen LogP contribution in [-0.2, 0) is 0 Å². The Morgan fingerprint density at radius 1 is 0.588 bits per heavy atom. The molecule has 0 saturated carbocycles. The van der Waals surface area contributed by atoms with Crippen LogP contribution in [0.15, 0.2) is 181 Å². The molecular formula is C45H34N3O3+. The molecule has 0 bridgehead atoms. The molecule has 246 valence electrons. The van der Waals surface area contributed by atoms with Crippen molar-refractivity contribution in [1.82, 2.24) is 0 Å². The predicted molar refractivity (Wildman–Crippen MR) is 202 cm³/mol. The molecule has 6 nitrogen and oxygen atoms in total. The van der Waals surface area contributed by atoms with Crippen molar-refractivity contribution in [2.75, 3.05) is 5.01 Å². The molecule has 8 rings (SSSR count). The van der Waals surface area contributed by atoms with Crippen molar-refractivity contribution in [3.63, 3.8) is 0 Å². The normalized spacial score (nSPS) is 13.9. The number of benzene rings is 6. The van der Waals surface area contributed by atoms with E-state index >= 15 is 0 Å². The topological polar surface area (TPSA) is 77.0 Å². The van der Waals surface area contributed by atoms with Gasteiger partial charge in [0.1, 0.15) is 11.3 Å². The fraction of sp³-hybridized carbons (Fsp3) is 0.0444. The van der Waals surface area contributed by atoms with Crippen LogP contribution in [-0.4, -0.2) is 21.9 Å². The Labute approximate surface area is 296 Å². The maximum Gasteiger partial charge on any atom is 0.339 e. The first-order valence-corrected chi connectivity index (χ1v) is 16.9. The number of hydrogen-bond donors (Lipinski definition) is 2. The van der Waals surface area contributed by atoms with E-state index in [9.17, 15) is 15.0 Å². The smallest absolute Gasteiger partial charge is 0.339 e. The molecule has 1 atom stereocenters. The SMILES string of the molecule is O=C(O)c1ccc(-[n+]2c(-c3ccccc3)cc(-c3ccc(N4N=C(c5ccccc5)C[C@@H]4c4ccccc4)cc3)cc2-c2ccccc2)cc1O. The molecule has 6 heteroatoms. The number of anilines is 1. The van der Waals surface area contributed by atoms with Crippen molar-refractivity contribution in [3.8, 4) is 45.1 Å². The van der Waals surface area contributed by atoms with Crippen LogP contribution in [0.1, 0.15) is 33.9 Å². The lowest BCUT2D eigenvalue weighted by Gasteiger charge is -2.24. The molecule has 51 heavy (non-hydrogen) atoms. The minimum Gasteiger partial charge on any atom is -0.507 e. The molecule has 1 aliphatic heterocycles. The number of aromatic hydroxyl groups is 1. The number of nitrogens with zero attached hydrogens (tertiary/aromatic N) is 3. The highest BCUT2D eigenvalue weighted by molar-refractivity contribution is 6.03. The Bertz CT molecular complexity index is 2300. The molecule has 0 spiro atoms. The highest BCUT2D eigenvalue weighted by atomic mass is 16.4. The number of aromatic nitrogens is 1. The van der Waals surface area contributed by atoms with E-state index in [0.29, 0.717) is 5.69 Å². The number of pyridine rings is 1. The van der Waals surface area contributed by atoms with Gasteiger partial charge in [-0.15, -0.1) is 0 Å². The van der Waals surface area contributed by atoms with Gasteiger partial charge in [0.2, 0.25) is 17.1 Å². The molecule has 0 fully saturated rings. The first-order valence-electron chi connectivity index (χ1n) is 16.9. The van der Waals surface area contributed by atoms with Crippen molar-refractivity contribution in [1.29, 1.82) is 0 Å². The summed E-state index contributed by atoms with van der Waals surface area (Å²) in [5.74, 6) is -1.47. The lowest BCUT2D eigenvalue weighted by Crippen LogP contribution is -2.36. The Morgan fingerprint density at radius 2 is 1.12 bits per heavy atom. The van der Waals surface area contributed by atoms with Crippen molar-refractivity contribution >= 4 is 17.4 Å². The van der Waals surface area contributed by atoms with Gasteiger partial charge in [0, 0.05) is 35.7 Å². The molecule has 1 aromatic heterocycles. The monoisotopic (exact) mass is 664 g/mol. The van der Waals surface area contributed by atoms with Gasteiger partial charge in [0.15, 0.2) is 0 Å². The van der Waals surface area contributed by atoms with E-state index in [0.717, 1.165) is 57.0 Å². The number of hydrogen-bond acceptors (Lipinski definition) is 4. The molecule has 0 aliphatic carbocycles. The Kier molecular flexibility index (Phi) is 8.40. The van der Waals surface area contributed by atoms with Crippen LogP contribution in [0, 0.1) is 0 Å². The third kappa shape index (κ3) is 6.27. The lowest BCUT2D eigenvalue weighted by atomic mass is 9.97. The summed E-state index contributed by atoms with van der Waals surface area (Å²) in [6.07, 6.45) is 0.804. The standard InChI is InChI=1S/C45H33N3O3/c49-44-29-38(25-26-39(44)45(50)51)47-41(33-15-7-2-8-16-33)27-36(28-42(47)34-17-9-3-10-18-34)31-21-23-37(24-22-31)48-43(35-19-11-4-12-20-35)30-40(46-48)32-13-5-1-6-14-32/h1-29,43H,30H2,(H-,49,50,51)/p+1/t43-/m1/s1.